The van der Waals surface area contributed by atoms with E-state index in [0.29, 0.717) is 34.8 Å². The van der Waals surface area contributed by atoms with Gasteiger partial charge in [0, 0.05) is 33.5 Å². The van der Waals surface area contributed by atoms with Crippen LogP contribution < -0.4 is 9.47 Å². The summed E-state index contributed by atoms with van der Waals surface area (Å²) in [6.07, 6.45) is 4.13. The van der Waals surface area contributed by atoms with Crippen molar-refractivity contribution >= 4 is 22.7 Å². The van der Waals surface area contributed by atoms with E-state index >= 15 is 0 Å². The van der Waals surface area contributed by atoms with Crippen LogP contribution in [-0.2, 0) is 16.0 Å². The maximum atomic E-state index is 12.5. The molecule has 4 rings (SSSR count). The molecule has 0 N–H and O–H groups in total. The van der Waals surface area contributed by atoms with Gasteiger partial charge >= 0.3 is 11.9 Å². The molecule has 0 amide bonds. The molecular weight excluding hydrogens is 364 g/mol. The number of carbonyl (C=O) groups is 2. The summed E-state index contributed by atoms with van der Waals surface area (Å²) in [6.45, 7) is 13.2. The average molecular weight is 390 g/mol. The Kier molecular flexibility index (Phi) is 4.81. The van der Waals surface area contributed by atoms with Gasteiger partial charge in [-0.05, 0) is 55.6 Å². The molecule has 0 spiro atoms. The molecule has 3 unspecified atom stereocenters. The minimum Gasteiger partial charge on any atom is -0.422 e. The molecule has 2 aromatic rings. The zero-order chi connectivity index (χ0) is 20.9. The van der Waals surface area contributed by atoms with Crippen LogP contribution in [0.5, 0.6) is 11.5 Å². The maximum Gasteiger partial charge on any atom is 0.338 e. The number of benzene rings is 2. The number of hydrogen-bond donors (Lipinski definition) is 0. The van der Waals surface area contributed by atoms with Crippen LogP contribution in [0, 0.1) is 5.92 Å². The summed E-state index contributed by atoms with van der Waals surface area (Å²) < 4.78 is 11.7. The quantitative estimate of drug-likeness (QED) is 0.380. The molecule has 2 aromatic carbocycles. The topological polar surface area (TPSA) is 52.6 Å². The van der Waals surface area contributed by atoms with Crippen molar-refractivity contribution in [1.82, 2.24) is 0 Å². The van der Waals surface area contributed by atoms with E-state index in [2.05, 4.69) is 27.0 Å². The number of hydrogen-bond acceptors (Lipinski definition) is 4. The average Bonchev–Trinajstić information content (AvgIpc) is 3.22. The Labute approximate surface area is 171 Å². The molecule has 2 aliphatic carbocycles. The fraction of sp³-hybridized carbons (Fsp3) is 0.360. The van der Waals surface area contributed by atoms with Gasteiger partial charge in [0.25, 0.3) is 0 Å². The van der Waals surface area contributed by atoms with Gasteiger partial charge < -0.3 is 9.47 Å². The van der Waals surface area contributed by atoms with Gasteiger partial charge in [-0.2, -0.15) is 0 Å². The summed E-state index contributed by atoms with van der Waals surface area (Å²) in [5, 5.41) is 1.60. The van der Waals surface area contributed by atoms with Crippen LogP contribution in [0.4, 0.5) is 0 Å². The number of ether oxygens (including phenoxy) is 2. The maximum absolute atomic E-state index is 12.5. The SMILES string of the molecule is C=CC(=O)Oc1c2c(c(OC(=O)C(=C)C)c3ccc(CC)cc13)C1CCC2C1C. The Morgan fingerprint density at radius 2 is 1.72 bits per heavy atom. The lowest BCUT2D eigenvalue weighted by molar-refractivity contribution is -0.130. The summed E-state index contributed by atoms with van der Waals surface area (Å²) in [5.41, 5.74) is 3.53. The highest BCUT2D eigenvalue weighted by molar-refractivity contribution is 6.02. The van der Waals surface area contributed by atoms with Crippen molar-refractivity contribution in [2.45, 2.75) is 51.9 Å². The minimum absolute atomic E-state index is 0.291. The number of aryl methyl sites for hydroxylation is 1. The molecule has 150 valence electrons. The van der Waals surface area contributed by atoms with Gasteiger partial charge in [-0.15, -0.1) is 0 Å². The molecule has 29 heavy (non-hydrogen) atoms. The number of rotatable bonds is 5. The van der Waals surface area contributed by atoms with Crippen molar-refractivity contribution in [2.75, 3.05) is 0 Å². The first kappa shape index (κ1) is 19.4. The molecule has 1 saturated carbocycles. The second-order valence-electron chi connectivity index (χ2n) is 8.16. The van der Waals surface area contributed by atoms with Gasteiger partial charge in [0.15, 0.2) is 0 Å². The predicted octanol–water partition coefficient (Wildman–Crippen LogP) is 5.59. The molecule has 0 heterocycles. The zero-order valence-electron chi connectivity index (χ0n) is 17.2. The van der Waals surface area contributed by atoms with E-state index in [1.54, 1.807) is 6.92 Å². The van der Waals surface area contributed by atoms with Crippen molar-refractivity contribution in [2.24, 2.45) is 5.92 Å². The van der Waals surface area contributed by atoms with Gasteiger partial charge in [0.05, 0.1) is 0 Å². The third-order valence-corrected chi connectivity index (χ3v) is 6.47. The molecule has 0 aliphatic heterocycles. The highest BCUT2D eigenvalue weighted by Crippen LogP contribution is 2.63. The smallest absolute Gasteiger partial charge is 0.338 e. The normalized spacial score (nSPS) is 21.7. The Balaban J connectivity index is 2.06. The molecule has 0 aromatic heterocycles. The van der Waals surface area contributed by atoms with Crippen molar-refractivity contribution in [1.29, 1.82) is 0 Å². The van der Waals surface area contributed by atoms with Crippen LogP contribution in [0.3, 0.4) is 0 Å². The van der Waals surface area contributed by atoms with E-state index < -0.39 is 11.9 Å². The molecule has 3 atom stereocenters. The summed E-state index contributed by atoms with van der Waals surface area (Å²) >= 11 is 0. The molecular formula is C25H26O4. The lowest BCUT2D eigenvalue weighted by Gasteiger charge is -2.24. The highest BCUT2D eigenvalue weighted by atomic mass is 16.5. The molecule has 2 bridgehead atoms. The lowest BCUT2D eigenvalue weighted by atomic mass is 9.86. The van der Waals surface area contributed by atoms with Gasteiger partial charge in [-0.3, -0.25) is 0 Å². The summed E-state index contributed by atoms with van der Waals surface area (Å²) in [6, 6.07) is 6.04. The van der Waals surface area contributed by atoms with Gasteiger partial charge in [0.1, 0.15) is 11.5 Å². The Morgan fingerprint density at radius 3 is 2.28 bits per heavy atom. The Morgan fingerprint density at radius 1 is 1.10 bits per heavy atom. The second-order valence-corrected chi connectivity index (χ2v) is 8.16. The molecule has 4 heteroatoms. The lowest BCUT2D eigenvalue weighted by Crippen LogP contribution is -2.14. The van der Waals surface area contributed by atoms with E-state index in [0.717, 1.165) is 46.7 Å². The van der Waals surface area contributed by atoms with Gasteiger partial charge in [-0.25, -0.2) is 9.59 Å². The summed E-state index contributed by atoms with van der Waals surface area (Å²) in [5.74, 6) is 1.29. The second kappa shape index (κ2) is 7.18. The fourth-order valence-electron chi connectivity index (χ4n) is 4.99. The highest BCUT2D eigenvalue weighted by Gasteiger charge is 2.48. The van der Waals surface area contributed by atoms with Crippen molar-refractivity contribution in [3.63, 3.8) is 0 Å². The first-order valence-corrected chi connectivity index (χ1v) is 10.2. The van der Waals surface area contributed by atoms with Crippen LogP contribution in [0.1, 0.15) is 62.1 Å². The largest absolute Gasteiger partial charge is 0.422 e. The number of fused-ring (bicyclic) bond motifs is 6. The van der Waals surface area contributed by atoms with Crippen molar-refractivity contribution < 1.29 is 19.1 Å². The van der Waals surface area contributed by atoms with Crippen LogP contribution in [0.25, 0.3) is 10.8 Å². The molecule has 4 nitrogen and oxygen atoms in total. The molecule has 1 fully saturated rings. The zero-order valence-corrected chi connectivity index (χ0v) is 17.2. The van der Waals surface area contributed by atoms with Crippen LogP contribution in [-0.4, -0.2) is 11.9 Å². The number of esters is 2. The van der Waals surface area contributed by atoms with Crippen LogP contribution in [0.15, 0.2) is 43.0 Å². The monoisotopic (exact) mass is 390 g/mol. The minimum atomic E-state index is -0.475. The first-order valence-electron chi connectivity index (χ1n) is 10.2. The summed E-state index contributed by atoms with van der Waals surface area (Å²) in [7, 11) is 0. The third kappa shape index (κ3) is 2.98. The van der Waals surface area contributed by atoms with Crippen LogP contribution in [0.2, 0.25) is 0 Å². The third-order valence-electron chi connectivity index (χ3n) is 6.47. The van der Waals surface area contributed by atoms with E-state index in [9.17, 15) is 9.59 Å². The Bertz CT molecular complexity index is 1060. The molecule has 0 saturated heterocycles. The standard InChI is InChI=1S/C25H26O4/c1-6-15-8-9-18-19(12-15)24(28-20(26)7-2)22-17-11-10-16(14(17)5)21(22)23(18)29-25(27)13(3)4/h7-9,12,14,16-17H,2-3,6,10-11H2,1,4-5H3. The summed E-state index contributed by atoms with van der Waals surface area (Å²) in [4.78, 5) is 24.6. The Hall–Kier alpha value is -2.88. The van der Waals surface area contributed by atoms with Gasteiger partial charge in [0.2, 0.25) is 0 Å². The van der Waals surface area contributed by atoms with E-state index in [1.165, 1.54) is 6.08 Å². The fourth-order valence-corrected chi connectivity index (χ4v) is 4.99. The first-order chi connectivity index (χ1) is 13.9. The molecule has 2 aliphatic rings. The van der Waals surface area contributed by atoms with E-state index in [4.69, 9.17) is 9.47 Å². The van der Waals surface area contributed by atoms with E-state index in [-0.39, 0.29) is 0 Å². The molecule has 0 radical (unpaired) electrons. The van der Waals surface area contributed by atoms with Gasteiger partial charge in [-0.1, -0.05) is 39.1 Å². The van der Waals surface area contributed by atoms with Crippen molar-refractivity contribution in [3.05, 3.63) is 59.7 Å². The van der Waals surface area contributed by atoms with Crippen LogP contribution >= 0.6 is 0 Å². The number of carbonyl (C=O) groups excluding carboxylic acids is 2. The van der Waals surface area contributed by atoms with Crippen molar-refractivity contribution in [3.8, 4) is 11.5 Å². The predicted molar refractivity (Wildman–Crippen MR) is 113 cm³/mol. The van der Waals surface area contributed by atoms with E-state index in [1.807, 2.05) is 18.2 Å².